The molecule has 1 aliphatic rings. The number of ether oxygens (including phenoxy) is 2. The summed E-state index contributed by atoms with van der Waals surface area (Å²) in [6.07, 6.45) is 2.84. The molecule has 0 heterocycles. The Morgan fingerprint density at radius 3 is 2.40 bits per heavy atom. The van der Waals surface area contributed by atoms with Crippen molar-refractivity contribution >= 4 is 23.7 Å². The van der Waals surface area contributed by atoms with Crippen molar-refractivity contribution in [2.75, 3.05) is 13.3 Å². The molecule has 0 aliphatic heterocycles. The molecule has 0 unspecified atom stereocenters. The van der Waals surface area contributed by atoms with E-state index in [1.165, 1.54) is 6.42 Å². The van der Waals surface area contributed by atoms with Crippen molar-refractivity contribution in [1.29, 1.82) is 0 Å². The van der Waals surface area contributed by atoms with Gasteiger partial charge in [0.05, 0.1) is 12.4 Å². The zero-order valence-electron chi connectivity index (χ0n) is 18.4. The molecule has 0 spiro atoms. The molecule has 0 amide bonds. The van der Waals surface area contributed by atoms with Crippen LogP contribution in [0.4, 0.5) is 0 Å². The van der Waals surface area contributed by atoms with Gasteiger partial charge in [-0.1, -0.05) is 69.7 Å². The van der Waals surface area contributed by atoms with Gasteiger partial charge in [-0.3, -0.25) is 4.79 Å². The number of rotatable bonds is 7. The fourth-order valence-corrected chi connectivity index (χ4v) is 7.12. The quantitative estimate of drug-likeness (QED) is 0.459. The smallest absolute Gasteiger partial charge is 0.314 e. The van der Waals surface area contributed by atoms with E-state index in [1.54, 1.807) is 19.2 Å². The Labute approximate surface area is 180 Å². The molecule has 30 heavy (non-hydrogen) atoms. The fraction of sp³-hybridized carbons (Fsp3) is 0.480. The highest BCUT2D eigenvalue weighted by molar-refractivity contribution is 7.79. The minimum Gasteiger partial charge on any atom is -0.496 e. The van der Waals surface area contributed by atoms with Crippen LogP contribution in [0.25, 0.3) is 0 Å². The Bertz CT molecular complexity index is 893. The van der Waals surface area contributed by atoms with Crippen molar-refractivity contribution in [2.45, 2.75) is 46.1 Å². The molecule has 5 heteroatoms. The van der Waals surface area contributed by atoms with Gasteiger partial charge in [-0.05, 0) is 42.7 Å². The summed E-state index contributed by atoms with van der Waals surface area (Å²) in [6.45, 7) is 6.58. The number of hydrogen-bond donors (Lipinski definition) is 0. The van der Waals surface area contributed by atoms with Gasteiger partial charge in [-0.2, -0.15) is 0 Å². The Kier molecular flexibility index (Phi) is 7.41. The van der Waals surface area contributed by atoms with Gasteiger partial charge in [0.15, 0.2) is 7.14 Å². The van der Waals surface area contributed by atoms with Crippen molar-refractivity contribution in [3.8, 4) is 5.75 Å². The summed E-state index contributed by atoms with van der Waals surface area (Å²) in [4.78, 5) is 13.1. The highest BCUT2D eigenvalue weighted by Gasteiger charge is 2.37. The Morgan fingerprint density at radius 2 is 1.73 bits per heavy atom. The average molecular weight is 429 g/mol. The Balaban J connectivity index is 1.90. The van der Waals surface area contributed by atoms with Crippen molar-refractivity contribution in [3.05, 3.63) is 54.6 Å². The van der Waals surface area contributed by atoms with Crippen LogP contribution in [-0.4, -0.2) is 25.3 Å². The van der Waals surface area contributed by atoms with Gasteiger partial charge in [0, 0.05) is 5.30 Å². The van der Waals surface area contributed by atoms with Crippen LogP contribution in [0.1, 0.15) is 40.0 Å². The molecule has 4 nitrogen and oxygen atoms in total. The van der Waals surface area contributed by atoms with Gasteiger partial charge in [-0.15, -0.1) is 0 Å². The van der Waals surface area contributed by atoms with E-state index in [0.29, 0.717) is 34.1 Å². The second-order valence-corrected chi connectivity index (χ2v) is 11.6. The van der Waals surface area contributed by atoms with E-state index in [2.05, 4.69) is 20.8 Å². The molecule has 162 valence electrons. The third kappa shape index (κ3) is 4.98. The van der Waals surface area contributed by atoms with Gasteiger partial charge in [-0.25, -0.2) is 0 Å². The third-order valence-electron chi connectivity index (χ3n) is 6.24. The molecule has 2 aromatic carbocycles. The van der Waals surface area contributed by atoms with E-state index in [4.69, 9.17) is 9.47 Å². The van der Waals surface area contributed by atoms with Crippen LogP contribution >= 0.6 is 7.14 Å². The number of para-hydroxylation sites is 1. The van der Waals surface area contributed by atoms with Crippen LogP contribution < -0.4 is 15.3 Å². The highest BCUT2D eigenvalue weighted by atomic mass is 31.2. The van der Waals surface area contributed by atoms with Crippen molar-refractivity contribution in [3.63, 3.8) is 0 Å². The lowest BCUT2D eigenvalue weighted by atomic mass is 9.75. The monoisotopic (exact) mass is 428 g/mol. The van der Waals surface area contributed by atoms with Crippen LogP contribution in [0.2, 0.25) is 0 Å². The zero-order chi connectivity index (χ0) is 21.7. The summed E-state index contributed by atoms with van der Waals surface area (Å²) in [7, 11) is -1.70. The molecule has 1 fully saturated rings. The molecule has 0 saturated heterocycles. The van der Waals surface area contributed by atoms with Gasteiger partial charge in [0.2, 0.25) is 0 Å². The summed E-state index contributed by atoms with van der Waals surface area (Å²) >= 11 is 0. The normalized spacial score (nSPS) is 23.6. The summed E-state index contributed by atoms with van der Waals surface area (Å²) in [5, 5.41) is 1.21. The van der Waals surface area contributed by atoms with E-state index in [0.717, 1.165) is 12.8 Å². The van der Waals surface area contributed by atoms with Crippen LogP contribution in [0.15, 0.2) is 54.6 Å². The molecule has 0 bridgehead atoms. The fourth-order valence-electron chi connectivity index (χ4n) is 4.55. The first-order valence-electron chi connectivity index (χ1n) is 10.8. The number of benzene rings is 2. The number of carbonyl (C=O) groups excluding carboxylic acids is 1. The maximum absolute atomic E-state index is 14.3. The van der Waals surface area contributed by atoms with Crippen LogP contribution in [0, 0.1) is 17.8 Å². The number of hydrogen-bond acceptors (Lipinski definition) is 4. The Hall–Kier alpha value is -2.06. The van der Waals surface area contributed by atoms with Crippen molar-refractivity contribution < 1.29 is 18.8 Å². The number of carbonyl (C=O) groups is 1. The average Bonchev–Trinajstić information content (AvgIpc) is 2.74. The number of esters is 1. The van der Waals surface area contributed by atoms with Crippen LogP contribution in [-0.2, 0) is 14.1 Å². The predicted octanol–water partition coefficient (Wildman–Crippen LogP) is 5.01. The van der Waals surface area contributed by atoms with Gasteiger partial charge in [0.25, 0.3) is 0 Å². The lowest BCUT2D eigenvalue weighted by Crippen LogP contribution is -2.37. The van der Waals surface area contributed by atoms with E-state index in [9.17, 15) is 9.36 Å². The van der Waals surface area contributed by atoms with E-state index in [-0.39, 0.29) is 12.3 Å². The minimum absolute atomic E-state index is 0.108. The topological polar surface area (TPSA) is 52.6 Å². The molecular weight excluding hydrogens is 395 g/mol. The SMILES string of the molecule is COc1ccccc1[P@](=O)(CC(=O)O[C@@H]1C[C@H](C)CC[C@H]1C(C)C)c1ccccc1. The maximum atomic E-state index is 14.3. The largest absolute Gasteiger partial charge is 0.496 e. The Morgan fingerprint density at radius 1 is 1.07 bits per heavy atom. The first-order valence-corrected chi connectivity index (χ1v) is 12.7. The van der Waals surface area contributed by atoms with Crippen LogP contribution in [0.5, 0.6) is 5.75 Å². The molecular formula is C25H33O4P. The van der Waals surface area contributed by atoms with E-state index in [1.807, 2.05) is 42.5 Å². The minimum atomic E-state index is -3.26. The standard InChI is InChI=1S/C25H33O4P/c1-18(2)21-15-14-19(3)16-23(21)29-25(26)17-30(27,20-10-6-5-7-11-20)24-13-9-8-12-22(24)28-4/h5-13,18-19,21,23H,14-17H2,1-4H3/t19-,21+,23-,30+/m1/s1. The zero-order valence-corrected chi connectivity index (χ0v) is 19.3. The van der Waals surface area contributed by atoms with Crippen molar-refractivity contribution in [2.24, 2.45) is 17.8 Å². The molecule has 0 N–H and O–H groups in total. The second kappa shape index (κ2) is 9.83. The highest BCUT2D eigenvalue weighted by Crippen LogP contribution is 2.46. The molecule has 1 aliphatic carbocycles. The van der Waals surface area contributed by atoms with Crippen LogP contribution in [0.3, 0.4) is 0 Å². The van der Waals surface area contributed by atoms with Crippen molar-refractivity contribution in [1.82, 2.24) is 0 Å². The predicted molar refractivity (Wildman–Crippen MR) is 122 cm³/mol. The number of methoxy groups -OCH3 is 1. The van der Waals surface area contributed by atoms with E-state index >= 15 is 0 Å². The van der Waals surface area contributed by atoms with Gasteiger partial charge >= 0.3 is 5.97 Å². The summed E-state index contributed by atoms with van der Waals surface area (Å²) in [5.74, 6) is 1.48. The molecule has 0 aromatic heterocycles. The molecule has 1 saturated carbocycles. The lowest BCUT2D eigenvalue weighted by Gasteiger charge is -2.37. The molecule has 3 rings (SSSR count). The summed E-state index contributed by atoms with van der Waals surface area (Å²) in [6, 6.07) is 16.5. The van der Waals surface area contributed by atoms with Gasteiger partial charge in [0.1, 0.15) is 18.0 Å². The first kappa shape index (κ1) is 22.6. The maximum Gasteiger partial charge on any atom is 0.314 e. The molecule has 0 radical (unpaired) electrons. The summed E-state index contributed by atoms with van der Waals surface area (Å²) < 4.78 is 25.8. The third-order valence-corrected chi connectivity index (χ3v) is 9.23. The van der Waals surface area contributed by atoms with Gasteiger partial charge < -0.3 is 14.0 Å². The molecule has 2 aromatic rings. The first-order chi connectivity index (χ1) is 14.3. The second-order valence-electron chi connectivity index (χ2n) is 8.76. The lowest BCUT2D eigenvalue weighted by molar-refractivity contribution is -0.152. The molecule has 4 atom stereocenters. The summed E-state index contributed by atoms with van der Waals surface area (Å²) in [5.41, 5.74) is 0. The van der Waals surface area contributed by atoms with E-state index < -0.39 is 13.1 Å².